The zero-order valence-corrected chi connectivity index (χ0v) is 16.7. The molecule has 1 amide bonds. The molecule has 0 bridgehead atoms. The van der Waals surface area contributed by atoms with Crippen LogP contribution in [0.2, 0.25) is 0 Å². The lowest BCUT2D eigenvalue weighted by Crippen LogP contribution is -2.45. The molecule has 5 heteroatoms. The first-order chi connectivity index (χ1) is 14.6. The Kier molecular flexibility index (Phi) is 6.23. The summed E-state index contributed by atoms with van der Waals surface area (Å²) in [6.07, 6.45) is -1.73. The third-order valence-electron chi connectivity index (χ3n) is 5.63. The summed E-state index contributed by atoms with van der Waals surface area (Å²) in [5, 5.41) is 23.5. The lowest BCUT2D eigenvalue weighted by Gasteiger charge is -2.26. The maximum Gasteiger partial charge on any atom is 0.251 e. The van der Waals surface area contributed by atoms with Crippen LogP contribution in [0.15, 0.2) is 84.9 Å². The number of amides is 1. The lowest BCUT2D eigenvalue weighted by molar-refractivity contribution is 0.0370. The number of hydrogen-bond donors (Lipinski definition) is 3. The fourth-order valence-corrected chi connectivity index (χ4v) is 3.94. The molecule has 0 spiro atoms. The summed E-state index contributed by atoms with van der Waals surface area (Å²) in [5.41, 5.74) is 3.98. The van der Waals surface area contributed by atoms with Gasteiger partial charge in [0.15, 0.2) is 0 Å². The van der Waals surface area contributed by atoms with Crippen LogP contribution in [0.5, 0.6) is 0 Å². The quantitative estimate of drug-likeness (QED) is 0.593. The van der Waals surface area contributed by atoms with Gasteiger partial charge in [0, 0.05) is 25.2 Å². The van der Waals surface area contributed by atoms with Gasteiger partial charge < -0.3 is 15.5 Å². The standard InChI is InChI=1S/C25H26N2O3/c28-23-17-27(16-18-11-13-20(14-12-18)19-7-3-1-4-8-19)22(24(23)29)15-26-25(30)21-9-5-2-6-10-21/h1-14,22-24,28-29H,15-17H2,(H,26,30)/t22-,23+,24-/m1/s1. The van der Waals surface area contributed by atoms with Gasteiger partial charge in [0.05, 0.1) is 18.2 Å². The Bertz CT molecular complexity index is 961. The summed E-state index contributed by atoms with van der Waals surface area (Å²) in [5.74, 6) is -0.184. The number of rotatable bonds is 6. The number of aliphatic hydroxyl groups is 2. The normalized spacial score (nSPS) is 21.5. The summed E-state index contributed by atoms with van der Waals surface area (Å²) in [6.45, 7) is 1.23. The van der Waals surface area contributed by atoms with Gasteiger partial charge >= 0.3 is 0 Å². The van der Waals surface area contributed by atoms with E-state index in [1.165, 1.54) is 0 Å². The first kappa shape index (κ1) is 20.3. The first-order valence-electron chi connectivity index (χ1n) is 10.2. The molecule has 3 atom stereocenters. The largest absolute Gasteiger partial charge is 0.389 e. The van der Waals surface area contributed by atoms with Crippen molar-refractivity contribution in [3.63, 3.8) is 0 Å². The minimum Gasteiger partial charge on any atom is -0.389 e. The SMILES string of the molecule is O=C(NC[C@@H]1[C@@H](O)[C@@H](O)CN1Cc1ccc(-c2ccccc2)cc1)c1ccccc1. The van der Waals surface area contributed by atoms with E-state index in [9.17, 15) is 15.0 Å². The fraction of sp³-hybridized carbons (Fsp3) is 0.240. The molecule has 3 aromatic carbocycles. The zero-order chi connectivity index (χ0) is 20.9. The molecule has 3 N–H and O–H groups in total. The summed E-state index contributed by atoms with van der Waals surface area (Å²) < 4.78 is 0. The molecule has 0 aromatic heterocycles. The van der Waals surface area contributed by atoms with E-state index in [-0.39, 0.29) is 18.5 Å². The van der Waals surface area contributed by atoms with Crippen molar-refractivity contribution in [1.29, 1.82) is 0 Å². The van der Waals surface area contributed by atoms with E-state index in [2.05, 4.69) is 41.7 Å². The van der Waals surface area contributed by atoms with Gasteiger partial charge in [-0.2, -0.15) is 0 Å². The van der Waals surface area contributed by atoms with Gasteiger partial charge in [-0.15, -0.1) is 0 Å². The Morgan fingerprint density at radius 1 is 0.867 bits per heavy atom. The second-order valence-corrected chi connectivity index (χ2v) is 7.69. The average molecular weight is 402 g/mol. The van der Waals surface area contributed by atoms with Crippen LogP contribution in [0.4, 0.5) is 0 Å². The van der Waals surface area contributed by atoms with E-state index < -0.39 is 12.2 Å². The summed E-state index contributed by atoms with van der Waals surface area (Å²) in [4.78, 5) is 14.4. The maximum atomic E-state index is 12.4. The van der Waals surface area contributed by atoms with Crippen LogP contribution in [0.1, 0.15) is 15.9 Å². The van der Waals surface area contributed by atoms with Crippen LogP contribution in [0.3, 0.4) is 0 Å². The van der Waals surface area contributed by atoms with Gasteiger partial charge in [0.25, 0.3) is 5.91 Å². The van der Waals surface area contributed by atoms with Crippen LogP contribution >= 0.6 is 0 Å². The molecule has 154 valence electrons. The molecular formula is C25H26N2O3. The minimum absolute atomic E-state index is 0.184. The van der Waals surface area contributed by atoms with Crippen LogP contribution in [0.25, 0.3) is 11.1 Å². The topological polar surface area (TPSA) is 72.8 Å². The van der Waals surface area contributed by atoms with Gasteiger partial charge in [-0.1, -0.05) is 72.8 Å². The first-order valence-corrected chi connectivity index (χ1v) is 10.2. The van der Waals surface area contributed by atoms with Crippen molar-refractivity contribution in [1.82, 2.24) is 10.2 Å². The number of benzene rings is 3. The number of nitrogens with zero attached hydrogens (tertiary/aromatic N) is 1. The predicted molar refractivity (Wildman–Crippen MR) is 117 cm³/mol. The van der Waals surface area contributed by atoms with Gasteiger partial charge in [-0.3, -0.25) is 9.69 Å². The Morgan fingerprint density at radius 2 is 1.47 bits per heavy atom. The minimum atomic E-state index is -0.898. The zero-order valence-electron chi connectivity index (χ0n) is 16.7. The number of likely N-dealkylation sites (tertiary alicyclic amines) is 1. The van der Waals surface area contributed by atoms with E-state index in [4.69, 9.17) is 0 Å². The summed E-state index contributed by atoms with van der Waals surface area (Å²) in [7, 11) is 0. The monoisotopic (exact) mass is 402 g/mol. The second-order valence-electron chi connectivity index (χ2n) is 7.69. The number of nitrogens with one attached hydrogen (secondary N) is 1. The number of β-amino-alcohol motifs (C(OH)–C–C–N with tert-alkyl or cyclic N) is 1. The average Bonchev–Trinajstić information content (AvgIpc) is 3.06. The van der Waals surface area contributed by atoms with E-state index in [0.29, 0.717) is 18.7 Å². The summed E-state index contributed by atoms with van der Waals surface area (Å²) >= 11 is 0. The van der Waals surface area contributed by atoms with Crippen LogP contribution in [-0.4, -0.2) is 52.4 Å². The van der Waals surface area contributed by atoms with E-state index in [0.717, 1.165) is 16.7 Å². The van der Waals surface area contributed by atoms with Gasteiger partial charge in [-0.05, 0) is 28.8 Å². The highest BCUT2D eigenvalue weighted by Gasteiger charge is 2.39. The predicted octanol–water partition coefficient (Wildman–Crippen LogP) is 2.69. The van der Waals surface area contributed by atoms with Crippen molar-refractivity contribution in [2.24, 2.45) is 0 Å². The molecule has 5 nitrogen and oxygen atoms in total. The van der Waals surface area contributed by atoms with Crippen molar-refractivity contribution in [3.05, 3.63) is 96.1 Å². The second kappa shape index (κ2) is 9.22. The van der Waals surface area contributed by atoms with Crippen molar-refractivity contribution in [2.45, 2.75) is 24.8 Å². The van der Waals surface area contributed by atoms with Gasteiger partial charge in [-0.25, -0.2) is 0 Å². The molecule has 0 aliphatic carbocycles. The lowest BCUT2D eigenvalue weighted by atomic mass is 10.0. The van der Waals surface area contributed by atoms with Gasteiger partial charge in [0.2, 0.25) is 0 Å². The van der Waals surface area contributed by atoms with E-state index in [1.807, 2.05) is 41.3 Å². The molecule has 4 rings (SSSR count). The Hall–Kier alpha value is -2.99. The molecule has 1 fully saturated rings. The molecule has 1 heterocycles. The maximum absolute atomic E-state index is 12.4. The van der Waals surface area contributed by atoms with Gasteiger partial charge in [0.1, 0.15) is 0 Å². The number of carbonyl (C=O) groups is 1. The number of aliphatic hydroxyl groups excluding tert-OH is 2. The third-order valence-corrected chi connectivity index (χ3v) is 5.63. The summed E-state index contributed by atoms with van der Waals surface area (Å²) in [6, 6.07) is 27.1. The molecule has 1 aliphatic heterocycles. The molecule has 1 saturated heterocycles. The van der Waals surface area contributed by atoms with Crippen LogP contribution in [-0.2, 0) is 6.54 Å². The van der Waals surface area contributed by atoms with E-state index >= 15 is 0 Å². The smallest absolute Gasteiger partial charge is 0.251 e. The van der Waals surface area contributed by atoms with Crippen molar-refractivity contribution >= 4 is 5.91 Å². The molecule has 3 aromatic rings. The highest BCUT2D eigenvalue weighted by molar-refractivity contribution is 5.94. The third kappa shape index (κ3) is 4.60. The number of carbonyl (C=O) groups excluding carboxylic acids is 1. The Labute approximate surface area is 176 Å². The molecule has 0 saturated carbocycles. The Morgan fingerprint density at radius 3 is 2.13 bits per heavy atom. The van der Waals surface area contributed by atoms with Crippen molar-refractivity contribution < 1.29 is 15.0 Å². The molecule has 0 radical (unpaired) electrons. The van der Waals surface area contributed by atoms with Crippen molar-refractivity contribution in [2.75, 3.05) is 13.1 Å². The highest BCUT2D eigenvalue weighted by atomic mass is 16.3. The molecule has 0 unspecified atom stereocenters. The molecule has 1 aliphatic rings. The van der Waals surface area contributed by atoms with E-state index in [1.54, 1.807) is 12.1 Å². The number of hydrogen-bond acceptors (Lipinski definition) is 4. The fourth-order valence-electron chi connectivity index (χ4n) is 3.94. The van der Waals surface area contributed by atoms with Crippen molar-refractivity contribution in [3.8, 4) is 11.1 Å². The molecule has 30 heavy (non-hydrogen) atoms. The van der Waals surface area contributed by atoms with Crippen LogP contribution < -0.4 is 5.32 Å². The molecular weight excluding hydrogens is 376 g/mol. The highest BCUT2D eigenvalue weighted by Crippen LogP contribution is 2.23. The van der Waals surface area contributed by atoms with Crippen LogP contribution in [0, 0.1) is 0 Å². The Balaban J connectivity index is 1.41.